The Hall–Kier alpha value is -2.67. The molecule has 0 saturated heterocycles. The Labute approximate surface area is 142 Å². The molecule has 1 aromatic heterocycles. The van der Waals surface area contributed by atoms with Crippen LogP contribution in [-0.4, -0.2) is 4.98 Å². The fourth-order valence-corrected chi connectivity index (χ4v) is 4.20. The average molecular weight is 309 g/mol. The van der Waals surface area contributed by atoms with Crippen molar-refractivity contribution >= 4 is 5.57 Å². The molecule has 1 nitrogen and oxygen atoms in total. The highest BCUT2D eigenvalue weighted by Gasteiger charge is 2.23. The normalized spacial score (nSPS) is 15.1. The summed E-state index contributed by atoms with van der Waals surface area (Å²) >= 11 is 0. The van der Waals surface area contributed by atoms with Crippen LogP contribution in [0.2, 0.25) is 0 Å². The van der Waals surface area contributed by atoms with E-state index in [1.807, 2.05) is 12.3 Å². The van der Waals surface area contributed by atoms with E-state index in [4.69, 9.17) is 0 Å². The first-order valence-electron chi connectivity index (χ1n) is 8.72. The van der Waals surface area contributed by atoms with Gasteiger partial charge in [-0.25, -0.2) is 0 Å². The van der Waals surface area contributed by atoms with Crippen molar-refractivity contribution < 1.29 is 0 Å². The largest absolute Gasteiger partial charge is 0.257 e. The highest BCUT2D eigenvalue weighted by molar-refractivity contribution is 5.78. The van der Waals surface area contributed by atoms with Crippen molar-refractivity contribution in [2.75, 3.05) is 0 Å². The fraction of sp³-hybridized carbons (Fsp3) is 0.174. The minimum absolute atomic E-state index is 1.01. The third-order valence-electron chi connectivity index (χ3n) is 5.41. The van der Waals surface area contributed by atoms with Gasteiger partial charge in [-0.05, 0) is 76.8 Å². The van der Waals surface area contributed by atoms with Gasteiger partial charge in [0.1, 0.15) is 0 Å². The summed E-state index contributed by atoms with van der Waals surface area (Å²) in [7, 11) is 0. The maximum absolute atomic E-state index is 4.56. The van der Waals surface area contributed by atoms with E-state index >= 15 is 0 Å². The van der Waals surface area contributed by atoms with Gasteiger partial charge < -0.3 is 0 Å². The average Bonchev–Trinajstić information content (AvgIpc) is 2.67. The Morgan fingerprint density at radius 1 is 0.708 bits per heavy atom. The summed E-state index contributed by atoms with van der Waals surface area (Å²) in [5.74, 6) is 0. The predicted octanol–water partition coefficient (Wildman–Crippen LogP) is 5.03. The van der Waals surface area contributed by atoms with Crippen molar-refractivity contribution in [1.82, 2.24) is 4.98 Å². The molecule has 24 heavy (non-hydrogen) atoms. The van der Waals surface area contributed by atoms with E-state index in [-0.39, 0.29) is 0 Å². The van der Waals surface area contributed by atoms with Gasteiger partial charge in [0, 0.05) is 6.20 Å². The molecule has 1 heteroatoms. The smallest absolute Gasteiger partial charge is 0.0661 e. The monoisotopic (exact) mass is 309 g/mol. The molecule has 2 aromatic carbocycles. The second kappa shape index (κ2) is 5.45. The zero-order chi connectivity index (χ0) is 15.9. The molecule has 0 fully saturated rings. The first-order valence-corrected chi connectivity index (χ1v) is 8.72. The zero-order valence-electron chi connectivity index (χ0n) is 13.6. The number of benzene rings is 2. The standard InChI is InChI=1S/C23H19N/c1-2-6-19-16(5-1)10-13-21-20(19)12-11-17-8-9-18(15-22(17)21)23-7-3-4-14-24-23/h1-7,9,11-12,14H,8,10,13,15H2. The number of aromatic nitrogens is 1. The van der Waals surface area contributed by atoms with Crippen molar-refractivity contribution in [3.05, 3.63) is 94.8 Å². The summed E-state index contributed by atoms with van der Waals surface area (Å²) in [5, 5.41) is 0. The van der Waals surface area contributed by atoms with Gasteiger partial charge in [0.05, 0.1) is 5.69 Å². The van der Waals surface area contributed by atoms with Gasteiger partial charge in [-0.3, -0.25) is 4.98 Å². The molecule has 0 amide bonds. The van der Waals surface area contributed by atoms with Gasteiger partial charge in [-0.15, -0.1) is 0 Å². The fourth-order valence-electron chi connectivity index (χ4n) is 4.20. The molecule has 3 aromatic rings. The van der Waals surface area contributed by atoms with Gasteiger partial charge in [-0.2, -0.15) is 0 Å². The molecule has 0 N–H and O–H groups in total. The Bertz CT molecular complexity index is 951. The van der Waals surface area contributed by atoms with Crippen LogP contribution in [-0.2, 0) is 25.7 Å². The van der Waals surface area contributed by atoms with Gasteiger partial charge in [-0.1, -0.05) is 48.5 Å². The SMILES string of the molecule is C1=C(c2ccccn2)Cc2c(ccc3c2CCc2ccccc2-3)C1. The molecule has 116 valence electrons. The number of nitrogens with zero attached hydrogens (tertiary/aromatic N) is 1. The van der Waals surface area contributed by atoms with Crippen LogP contribution in [0.4, 0.5) is 0 Å². The quantitative estimate of drug-likeness (QED) is 0.614. The maximum atomic E-state index is 4.56. The van der Waals surface area contributed by atoms with Gasteiger partial charge in [0.15, 0.2) is 0 Å². The molecule has 0 spiro atoms. The molecule has 0 radical (unpaired) electrons. The highest BCUT2D eigenvalue weighted by Crippen LogP contribution is 2.39. The first kappa shape index (κ1) is 13.7. The van der Waals surface area contributed by atoms with Crippen LogP contribution >= 0.6 is 0 Å². The highest BCUT2D eigenvalue weighted by atomic mass is 14.7. The van der Waals surface area contributed by atoms with E-state index in [0.717, 1.165) is 31.4 Å². The minimum atomic E-state index is 1.01. The number of hydrogen-bond donors (Lipinski definition) is 0. The van der Waals surface area contributed by atoms with E-state index < -0.39 is 0 Å². The van der Waals surface area contributed by atoms with E-state index in [0.29, 0.717) is 0 Å². The first-order chi connectivity index (χ1) is 11.9. The van der Waals surface area contributed by atoms with E-state index in [9.17, 15) is 0 Å². The summed E-state index contributed by atoms with van der Waals surface area (Å²) < 4.78 is 0. The van der Waals surface area contributed by atoms with Crippen molar-refractivity contribution in [2.45, 2.75) is 25.7 Å². The molecule has 0 atom stereocenters. The van der Waals surface area contributed by atoms with Crippen LogP contribution in [0.3, 0.4) is 0 Å². The minimum Gasteiger partial charge on any atom is -0.257 e. The maximum Gasteiger partial charge on any atom is 0.0661 e. The third kappa shape index (κ3) is 2.12. The number of pyridine rings is 1. The molecule has 5 rings (SSSR count). The summed E-state index contributed by atoms with van der Waals surface area (Å²) in [6.45, 7) is 0. The molecule has 0 saturated carbocycles. The molecule has 0 unspecified atom stereocenters. The lowest BCUT2D eigenvalue weighted by Gasteiger charge is -2.27. The molecule has 0 bridgehead atoms. The van der Waals surface area contributed by atoms with Crippen molar-refractivity contribution in [2.24, 2.45) is 0 Å². The number of rotatable bonds is 1. The Kier molecular flexibility index (Phi) is 3.12. The zero-order valence-corrected chi connectivity index (χ0v) is 13.6. The second-order valence-electron chi connectivity index (χ2n) is 6.71. The van der Waals surface area contributed by atoms with Crippen LogP contribution in [0.1, 0.15) is 27.9 Å². The lowest BCUT2D eigenvalue weighted by molar-refractivity contribution is 0.910. The van der Waals surface area contributed by atoms with E-state index in [1.165, 1.54) is 27.8 Å². The molecular weight excluding hydrogens is 290 g/mol. The summed E-state index contributed by atoms with van der Waals surface area (Å²) in [5.41, 5.74) is 11.5. The number of hydrogen-bond acceptors (Lipinski definition) is 1. The molecule has 2 aliphatic rings. The van der Waals surface area contributed by atoms with Gasteiger partial charge in [0.25, 0.3) is 0 Å². The molecular formula is C23H19N. The lowest BCUT2D eigenvalue weighted by atomic mass is 9.78. The Morgan fingerprint density at radius 2 is 1.62 bits per heavy atom. The Balaban J connectivity index is 1.61. The lowest BCUT2D eigenvalue weighted by Crippen LogP contribution is -2.12. The molecule has 0 aliphatic heterocycles. The van der Waals surface area contributed by atoms with Crippen molar-refractivity contribution in [3.8, 4) is 11.1 Å². The van der Waals surface area contributed by atoms with E-state index in [1.54, 1.807) is 11.1 Å². The van der Waals surface area contributed by atoms with Gasteiger partial charge >= 0.3 is 0 Å². The summed E-state index contributed by atoms with van der Waals surface area (Å²) in [6, 6.07) is 19.7. The number of fused-ring (bicyclic) bond motifs is 5. The van der Waals surface area contributed by atoms with Crippen LogP contribution in [0.25, 0.3) is 16.7 Å². The number of allylic oxidation sites excluding steroid dienone is 2. The van der Waals surface area contributed by atoms with Crippen LogP contribution in [0.5, 0.6) is 0 Å². The molecule has 1 heterocycles. The van der Waals surface area contributed by atoms with Crippen LogP contribution in [0, 0.1) is 0 Å². The van der Waals surface area contributed by atoms with Crippen molar-refractivity contribution in [1.29, 1.82) is 0 Å². The van der Waals surface area contributed by atoms with Crippen LogP contribution < -0.4 is 0 Å². The molecule has 2 aliphatic carbocycles. The predicted molar refractivity (Wildman–Crippen MR) is 98.9 cm³/mol. The second-order valence-corrected chi connectivity index (χ2v) is 6.71. The van der Waals surface area contributed by atoms with Crippen molar-refractivity contribution in [3.63, 3.8) is 0 Å². The third-order valence-corrected chi connectivity index (χ3v) is 5.41. The topological polar surface area (TPSA) is 12.9 Å². The Morgan fingerprint density at radius 3 is 2.54 bits per heavy atom. The van der Waals surface area contributed by atoms with Gasteiger partial charge in [0.2, 0.25) is 0 Å². The summed E-state index contributed by atoms with van der Waals surface area (Å²) in [6.07, 6.45) is 8.59. The summed E-state index contributed by atoms with van der Waals surface area (Å²) in [4.78, 5) is 4.56. The number of aryl methyl sites for hydroxylation is 1. The van der Waals surface area contributed by atoms with E-state index in [2.05, 4.69) is 59.6 Å². The van der Waals surface area contributed by atoms with Crippen LogP contribution in [0.15, 0.2) is 66.9 Å².